The summed E-state index contributed by atoms with van der Waals surface area (Å²) >= 11 is 0. The SMILES string of the molecule is CC(C)CC(O)c1c(-c2ccccc2)c(-c2ccccc2)n2ccc(C#N)cc12. The fourth-order valence-electron chi connectivity index (χ4n) is 4.03. The number of hydrogen-bond acceptors (Lipinski definition) is 2. The molecular weight excluding hydrogens is 356 g/mol. The molecule has 1 N–H and O–H groups in total. The number of rotatable bonds is 5. The molecule has 0 amide bonds. The Hall–Kier alpha value is -3.35. The number of aromatic nitrogens is 1. The highest BCUT2D eigenvalue weighted by atomic mass is 16.3. The Kier molecular flexibility index (Phi) is 5.20. The quantitative estimate of drug-likeness (QED) is 0.446. The second-order valence-corrected chi connectivity index (χ2v) is 7.80. The van der Waals surface area contributed by atoms with Crippen molar-refractivity contribution < 1.29 is 5.11 Å². The van der Waals surface area contributed by atoms with Gasteiger partial charge in [0.1, 0.15) is 0 Å². The minimum absolute atomic E-state index is 0.350. The van der Waals surface area contributed by atoms with E-state index in [2.05, 4.69) is 48.6 Å². The van der Waals surface area contributed by atoms with Gasteiger partial charge in [-0.05, 0) is 35.6 Å². The number of aliphatic hydroxyl groups is 1. The number of benzene rings is 2. The molecule has 0 radical (unpaired) electrons. The predicted octanol–water partition coefficient (Wildman–Crippen LogP) is 6.22. The Morgan fingerprint density at radius 3 is 2.14 bits per heavy atom. The van der Waals surface area contributed by atoms with E-state index in [9.17, 15) is 10.4 Å². The van der Waals surface area contributed by atoms with Crippen molar-refractivity contribution in [1.82, 2.24) is 4.40 Å². The largest absolute Gasteiger partial charge is 0.388 e. The molecule has 0 fully saturated rings. The molecule has 4 rings (SSSR count). The third-order valence-electron chi connectivity index (χ3n) is 5.24. The van der Waals surface area contributed by atoms with Gasteiger partial charge in [0.2, 0.25) is 0 Å². The molecule has 2 aromatic heterocycles. The van der Waals surface area contributed by atoms with Crippen LogP contribution < -0.4 is 0 Å². The van der Waals surface area contributed by atoms with Gasteiger partial charge in [-0.15, -0.1) is 0 Å². The van der Waals surface area contributed by atoms with E-state index in [1.54, 1.807) is 0 Å². The smallest absolute Gasteiger partial charge is 0.0992 e. The minimum Gasteiger partial charge on any atom is -0.388 e. The zero-order valence-corrected chi connectivity index (χ0v) is 16.7. The van der Waals surface area contributed by atoms with E-state index in [-0.39, 0.29) is 0 Å². The van der Waals surface area contributed by atoms with E-state index >= 15 is 0 Å². The molecule has 0 saturated heterocycles. The van der Waals surface area contributed by atoms with Gasteiger partial charge in [0.25, 0.3) is 0 Å². The maximum atomic E-state index is 11.3. The Morgan fingerprint density at radius 1 is 0.931 bits per heavy atom. The van der Waals surface area contributed by atoms with Crippen LogP contribution in [-0.4, -0.2) is 9.51 Å². The van der Waals surface area contributed by atoms with Gasteiger partial charge < -0.3 is 9.51 Å². The lowest BCUT2D eigenvalue weighted by Gasteiger charge is -2.16. The van der Waals surface area contributed by atoms with Crippen LogP contribution in [-0.2, 0) is 0 Å². The van der Waals surface area contributed by atoms with Crippen molar-refractivity contribution in [2.75, 3.05) is 0 Å². The van der Waals surface area contributed by atoms with Gasteiger partial charge in [-0.3, -0.25) is 0 Å². The lowest BCUT2D eigenvalue weighted by Crippen LogP contribution is -2.03. The average Bonchev–Trinajstić information content (AvgIpc) is 3.09. The molecule has 0 saturated carbocycles. The summed E-state index contributed by atoms with van der Waals surface area (Å²) in [6.45, 7) is 4.23. The molecule has 3 heteroatoms. The van der Waals surface area contributed by atoms with Crippen LogP contribution in [0.2, 0.25) is 0 Å². The first-order valence-corrected chi connectivity index (χ1v) is 9.97. The lowest BCUT2D eigenvalue weighted by atomic mass is 9.91. The minimum atomic E-state index is -0.619. The summed E-state index contributed by atoms with van der Waals surface area (Å²) in [5.74, 6) is 0.350. The summed E-state index contributed by atoms with van der Waals surface area (Å²) in [4.78, 5) is 0. The molecule has 2 heterocycles. The zero-order valence-electron chi connectivity index (χ0n) is 16.7. The van der Waals surface area contributed by atoms with Gasteiger partial charge in [0.05, 0.1) is 28.9 Å². The molecule has 3 nitrogen and oxygen atoms in total. The molecule has 0 aliphatic rings. The highest BCUT2D eigenvalue weighted by Gasteiger charge is 2.26. The number of nitrogens with zero attached hydrogens (tertiary/aromatic N) is 2. The second-order valence-electron chi connectivity index (χ2n) is 7.80. The van der Waals surface area contributed by atoms with Crippen molar-refractivity contribution >= 4 is 5.52 Å². The standard InChI is InChI=1S/C26H24N2O/c1-18(2)15-23(29)25-22-16-19(17-27)13-14-28(22)26(21-11-7-4-8-12-21)24(25)20-9-5-3-6-10-20/h3-14,16,18,23,29H,15H2,1-2H3. The normalized spacial score (nSPS) is 12.2. The van der Waals surface area contributed by atoms with E-state index in [0.717, 1.165) is 33.5 Å². The van der Waals surface area contributed by atoms with Crippen molar-refractivity contribution in [3.63, 3.8) is 0 Å². The maximum Gasteiger partial charge on any atom is 0.0992 e. The van der Waals surface area contributed by atoms with Gasteiger partial charge >= 0.3 is 0 Å². The summed E-state index contributed by atoms with van der Waals surface area (Å²) in [6.07, 6.45) is 1.98. The summed E-state index contributed by atoms with van der Waals surface area (Å²) in [5.41, 5.74) is 6.57. The summed E-state index contributed by atoms with van der Waals surface area (Å²) in [5, 5.41) is 20.7. The topological polar surface area (TPSA) is 48.4 Å². The molecule has 0 aliphatic carbocycles. The van der Waals surface area contributed by atoms with Crippen molar-refractivity contribution in [2.24, 2.45) is 5.92 Å². The third kappa shape index (κ3) is 3.55. The Morgan fingerprint density at radius 2 is 1.55 bits per heavy atom. The molecule has 4 aromatic rings. The van der Waals surface area contributed by atoms with Gasteiger partial charge in [-0.2, -0.15) is 5.26 Å². The van der Waals surface area contributed by atoms with E-state index in [0.29, 0.717) is 17.9 Å². The second kappa shape index (κ2) is 7.95. The van der Waals surface area contributed by atoms with E-state index < -0.39 is 6.10 Å². The molecule has 1 unspecified atom stereocenters. The first kappa shape index (κ1) is 19.0. The van der Waals surface area contributed by atoms with Crippen LogP contribution in [0, 0.1) is 17.2 Å². The number of nitriles is 1. The molecule has 29 heavy (non-hydrogen) atoms. The van der Waals surface area contributed by atoms with Gasteiger partial charge in [-0.1, -0.05) is 74.5 Å². The van der Waals surface area contributed by atoms with Crippen molar-refractivity contribution in [2.45, 2.75) is 26.4 Å². The average molecular weight is 380 g/mol. The number of aliphatic hydroxyl groups excluding tert-OH is 1. The van der Waals surface area contributed by atoms with E-state index in [1.165, 1.54) is 0 Å². The van der Waals surface area contributed by atoms with Gasteiger partial charge in [0, 0.05) is 17.3 Å². The van der Waals surface area contributed by atoms with Crippen LogP contribution in [0.25, 0.3) is 27.9 Å². The molecule has 0 aliphatic heterocycles. The number of fused-ring (bicyclic) bond motifs is 1. The Balaban J connectivity index is 2.13. The fraction of sp³-hybridized carbons (Fsp3) is 0.192. The summed E-state index contributed by atoms with van der Waals surface area (Å²) in [6, 6.07) is 26.4. The monoisotopic (exact) mass is 380 g/mol. The highest BCUT2D eigenvalue weighted by Crippen LogP contribution is 2.43. The van der Waals surface area contributed by atoms with Crippen LogP contribution >= 0.6 is 0 Å². The highest BCUT2D eigenvalue weighted by molar-refractivity contribution is 5.91. The van der Waals surface area contributed by atoms with Crippen molar-refractivity contribution in [1.29, 1.82) is 5.26 Å². The maximum absolute atomic E-state index is 11.3. The van der Waals surface area contributed by atoms with Crippen LogP contribution in [0.1, 0.15) is 37.5 Å². The van der Waals surface area contributed by atoms with Crippen molar-refractivity contribution in [3.8, 4) is 28.5 Å². The molecule has 144 valence electrons. The fourth-order valence-corrected chi connectivity index (χ4v) is 4.03. The molecule has 0 spiro atoms. The first-order valence-electron chi connectivity index (χ1n) is 9.97. The van der Waals surface area contributed by atoms with E-state index in [4.69, 9.17) is 0 Å². The first-order chi connectivity index (χ1) is 14.1. The summed E-state index contributed by atoms with van der Waals surface area (Å²) < 4.78 is 2.11. The van der Waals surface area contributed by atoms with Crippen LogP contribution in [0.5, 0.6) is 0 Å². The molecule has 0 bridgehead atoms. The summed E-state index contributed by atoms with van der Waals surface area (Å²) in [7, 11) is 0. The Bertz CT molecular complexity index is 1170. The predicted molar refractivity (Wildman–Crippen MR) is 117 cm³/mol. The molecule has 2 aromatic carbocycles. The molecular formula is C26H24N2O. The van der Waals surface area contributed by atoms with Crippen LogP contribution in [0.3, 0.4) is 0 Å². The van der Waals surface area contributed by atoms with Gasteiger partial charge in [0.15, 0.2) is 0 Å². The number of hydrogen-bond donors (Lipinski definition) is 1. The van der Waals surface area contributed by atoms with E-state index in [1.807, 2.05) is 54.7 Å². The van der Waals surface area contributed by atoms with Crippen molar-refractivity contribution in [3.05, 3.63) is 90.1 Å². The van der Waals surface area contributed by atoms with Crippen LogP contribution in [0.4, 0.5) is 0 Å². The molecule has 1 atom stereocenters. The third-order valence-corrected chi connectivity index (χ3v) is 5.24. The Labute approximate surface area is 171 Å². The van der Waals surface area contributed by atoms with Gasteiger partial charge in [-0.25, -0.2) is 0 Å². The lowest BCUT2D eigenvalue weighted by molar-refractivity contribution is 0.153. The zero-order chi connectivity index (χ0) is 20.4. The number of pyridine rings is 1. The van der Waals surface area contributed by atoms with Crippen LogP contribution in [0.15, 0.2) is 79.0 Å².